The number of hydrogen-bond acceptors (Lipinski definition) is 1. The van der Waals surface area contributed by atoms with Crippen molar-refractivity contribution in [3.8, 4) is 0 Å². The Morgan fingerprint density at radius 3 is 2.42 bits per heavy atom. The molecule has 1 N–H and O–H groups in total. The molecule has 26 heavy (non-hydrogen) atoms. The Morgan fingerprint density at radius 1 is 0.962 bits per heavy atom. The summed E-state index contributed by atoms with van der Waals surface area (Å²) >= 11 is 5.58. The molecule has 0 bridgehead atoms. The number of nitrogens with one attached hydrogen (secondary N) is 1. The van der Waals surface area contributed by atoms with Gasteiger partial charge < -0.3 is 5.32 Å². The third kappa shape index (κ3) is 4.24. The SMILES string of the molecule is O=C(/C=C/c1ccc(Cl)c(C(F)(F)F)c1)Nc1ccc2ccccc2c1. The lowest BCUT2D eigenvalue weighted by atomic mass is 10.1. The van der Waals surface area contributed by atoms with Crippen molar-refractivity contribution in [2.24, 2.45) is 0 Å². The molecule has 0 aromatic heterocycles. The van der Waals surface area contributed by atoms with Crippen molar-refractivity contribution >= 4 is 40.0 Å². The van der Waals surface area contributed by atoms with Gasteiger partial charge in [-0.3, -0.25) is 4.79 Å². The molecule has 0 unspecified atom stereocenters. The number of hydrogen-bond donors (Lipinski definition) is 1. The topological polar surface area (TPSA) is 29.1 Å². The summed E-state index contributed by atoms with van der Waals surface area (Å²) in [5.74, 6) is -0.441. The van der Waals surface area contributed by atoms with Crippen LogP contribution in [0.1, 0.15) is 11.1 Å². The largest absolute Gasteiger partial charge is 0.417 e. The van der Waals surface area contributed by atoms with Crippen LogP contribution in [0.5, 0.6) is 0 Å². The van der Waals surface area contributed by atoms with Crippen LogP contribution < -0.4 is 5.32 Å². The summed E-state index contributed by atoms with van der Waals surface area (Å²) in [5, 5.41) is 4.32. The molecule has 132 valence electrons. The zero-order chi connectivity index (χ0) is 18.7. The Balaban J connectivity index is 1.75. The van der Waals surface area contributed by atoms with Crippen LogP contribution in [0, 0.1) is 0 Å². The first-order chi connectivity index (χ1) is 12.3. The summed E-state index contributed by atoms with van der Waals surface area (Å²) in [7, 11) is 0. The summed E-state index contributed by atoms with van der Waals surface area (Å²) in [6.07, 6.45) is -2.06. The number of halogens is 4. The molecule has 0 radical (unpaired) electrons. The molecule has 1 amide bonds. The molecule has 0 spiro atoms. The molecule has 0 aliphatic rings. The Kier molecular flexibility index (Phi) is 5.00. The fraction of sp³-hybridized carbons (Fsp3) is 0.0500. The van der Waals surface area contributed by atoms with E-state index in [9.17, 15) is 18.0 Å². The van der Waals surface area contributed by atoms with Crippen LogP contribution in [0.15, 0.2) is 66.7 Å². The zero-order valence-electron chi connectivity index (χ0n) is 13.3. The molecule has 0 saturated carbocycles. The van der Waals surface area contributed by atoms with Crippen LogP contribution in [-0.2, 0) is 11.0 Å². The van der Waals surface area contributed by atoms with Crippen molar-refractivity contribution < 1.29 is 18.0 Å². The summed E-state index contributed by atoms with van der Waals surface area (Å²) < 4.78 is 38.6. The number of alkyl halides is 3. The quantitative estimate of drug-likeness (QED) is 0.545. The van der Waals surface area contributed by atoms with Crippen LogP contribution in [-0.4, -0.2) is 5.91 Å². The lowest BCUT2D eigenvalue weighted by Gasteiger charge is -2.09. The number of amides is 1. The van der Waals surface area contributed by atoms with Crippen LogP contribution in [0.25, 0.3) is 16.8 Å². The van der Waals surface area contributed by atoms with Crippen molar-refractivity contribution in [3.05, 3.63) is 82.9 Å². The van der Waals surface area contributed by atoms with E-state index in [1.54, 1.807) is 6.07 Å². The zero-order valence-corrected chi connectivity index (χ0v) is 14.1. The molecule has 0 aliphatic carbocycles. The van der Waals surface area contributed by atoms with E-state index in [0.717, 1.165) is 22.9 Å². The van der Waals surface area contributed by atoms with Crippen LogP contribution in [0.2, 0.25) is 5.02 Å². The third-order valence-corrected chi connectivity index (χ3v) is 4.07. The molecular formula is C20H13ClF3NO. The minimum Gasteiger partial charge on any atom is -0.322 e. The highest BCUT2D eigenvalue weighted by molar-refractivity contribution is 6.31. The van der Waals surface area contributed by atoms with Gasteiger partial charge in [0.1, 0.15) is 0 Å². The minimum atomic E-state index is -4.55. The van der Waals surface area contributed by atoms with Gasteiger partial charge in [0.2, 0.25) is 5.91 Å². The van der Waals surface area contributed by atoms with Crippen molar-refractivity contribution in [2.75, 3.05) is 5.32 Å². The number of anilines is 1. The van der Waals surface area contributed by atoms with E-state index in [2.05, 4.69) is 5.32 Å². The summed E-state index contributed by atoms with van der Waals surface area (Å²) in [5.41, 5.74) is -0.0999. The van der Waals surface area contributed by atoms with Crippen LogP contribution >= 0.6 is 11.6 Å². The minimum absolute atomic E-state index is 0.232. The number of fused-ring (bicyclic) bond motifs is 1. The van der Waals surface area contributed by atoms with Gasteiger partial charge in [-0.1, -0.05) is 48.0 Å². The van der Waals surface area contributed by atoms with E-state index in [-0.39, 0.29) is 10.6 Å². The molecule has 0 atom stereocenters. The normalized spacial score (nSPS) is 11.8. The van der Waals surface area contributed by atoms with E-state index in [1.165, 1.54) is 18.2 Å². The third-order valence-electron chi connectivity index (χ3n) is 3.74. The fourth-order valence-electron chi connectivity index (χ4n) is 2.49. The van der Waals surface area contributed by atoms with Crippen molar-refractivity contribution in [1.82, 2.24) is 0 Å². The smallest absolute Gasteiger partial charge is 0.322 e. The summed E-state index contributed by atoms with van der Waals surface area (Å²) in [4.78, 5) is 12.0. The predicted octanol–water partition coefficient (Wildman–Crippen LogP) is 6.16. The molecule has 3 rings (SSSR count). The molecule has 0 saturated heterocycles. The van der Waals surface area contributed by atoms with Gasteiger partial charge >= 0.3 is 6.18 Å². The number of carbonyl (C=O) groups is 1. The lowest BCUT2D eigenvalue weighted by molar-refractivity contribution is -0.137. The Bertz CT molecular complexity index is 996. The Labute approximate surface area is 152 Å². The lowest BCUT2D eigenvalue weighted by Crippen LogP contribution is -2.08. The van der Waals surface area contributed by atoms with Crippen LogP contribution in [0.4, 0.5) is 18.9 Å². The van der Waals surface area contributed by atoms with E-state index in [0.29, 0.717) is 5.69 Å². The van der Waals surface area contributed by atoms with Gasteiger partial charge in [0, 0.05) is 11.8 Å². The molecule has 6 heteroatoms. The number of rotatable bonds is 3. The summed E-state index contributed by atoms with van der Waals surface area (Å²) in [6.45, 7) is 0. The Morgan fingerprint density at radius 2 is 1.69 bits per heavy atom. The summed E-state index contributed by atoms with van der Waals surface area (Å²) in [6, 6.07) is 16.6. The molecule has 0 fully saturated rings. The van der Waals surface area contributed by atoms with E-state index in [1.807, 2.05) is 36.4 Å². The second-order valence-electron chi connectivity index (χ2n) is 5.62. The van der Waals surface area contributed by atoms with Crippen LogP contribution in [0.3, 0.4) is 0 Å². The number of benzene rings is 3. The second-order valence-corrected chi connectivity index (χ2v) is 6.03. The van der Waals surface area contributed by atoms with Gasteiger partial charge in [-0.05, 0) is 46.7 Å². The standard InChI is InChI=1S/C20H13ClF3NO/c21-18-9-5-13(11-17(18)20(22,23)24)6-10-19(26)25-16-8-7-14-3-1-2-4-15(14)12-16/h1-12H,(H,25,26)/b10-6+. The second kappa shape index (κ2) is 7.22. The van der Waals surface area contributed by atoms with Gasteiger partial charge in [-0.25, -0.2) is 0 Å². The average molecular weight is 376 g/mol. The number of carbonyl (C=O) groups excluding carboxylic acids is 1. The monoisotopic (exact) mass is 375 g/mol. The van der Waals surface area contributed by atoms with Gasteiger partial charge in [-0.2, -0.15) is 13.2 Å². The first-order valence-corrected chi connectivity index (χ1v) is 8.05. The maximum Gasteiger partial charge on any atom is 0.417 e. The van der Waals surface area contributed by atoms with E-state index >= 15 is 0 Å². The highest BCUT2D eigenvalue weighted by Gasteiger charge is 2.33. The maximum atomic E-state index is 12.9. The highest BCUT2D eigenvalue weighted by Crippen LogP contribution is 2.35. The van der Waals surface area contributed by atoms with Crippen molar-refractivity contribution in [2.45, 2.75) is 6.18 Å². The Hall–Kier alpha value is -2.79. The van der Waals surface area contributed by atoms with Crippen molar-refractivity contribution in [3.63, 3.8) is 0 Å². The predicted molar refractivity (Wildman–Crippen MR) is 98.1 cm³/mol. The highest BCUT2D eigenvalue weighted by atomic mass is 35.5. The van der Waals surface area contributed by atoms with Gasteiger partial charge in [-0.15, -0.1) is 0 Å². The maximum absolute atomic E-state index is 12.9. The molecule has 0 aliphatic heterocycles. The molecule has 0 heterocycles. The van der Waals surface area contributed by atoms with Crippen molar-refractivity contribution in [1.29, 1.82) is 0 Å². The molecule has 3 aromatic rings. The van der Waals surface area contributed by atoms with E-state index in [4.69, 9.17) is 11.6 Å². The molecular weight excluding hydrogens is 363 g/mol. The first-order valence-electron chi connectivity index (χ1n) is 7.67. The van der Waals surface area contributed by atoms with Gasteiger partial charge in [0.25, 0.3) is 0 Å². The van der Waals surface area contributed by atoms with E-state index < -0.39 is 17.6 Å². The first kappa shape index (κ1) is 18.0. The van der Waals surface area contributed by atoms with Gasteiger partial charge in [0.15, 0.2) is 0 Å². The fourth-order valence-corrected chi connectivity index (χ4v) is 2.71. The average Bonchev–Trinajstić information content (AvgIpc) is 2.60. The molecule has 3 aromatic carbocycles. The molecule has 2 nitrogen and oxygen atoms in total. The van der Waals surface area contributed by atoms with Gasteiger partial charge in [0.05, 0.1) is 10.6 Å².